The first-order valence-corrected chi connectivity index (χ1v) is 7.75. The zero-order chi connectivity index (χ0) is 14.8. The Hall–Kier alpha value is -1.35. The summed E-state index contributed by atoms with van der Waals surface area (Å²) in [5, 5.41) is 3.01. The molecule has 0 saturated heterocycles. The molecule has 0 aliphatic carbocycles. The van der Waals surface area contributed by atoms with Crippen molar-refractivity contribution in [3.63, 3.8) is 0 Å². The Morgan fingerprint density at radius 3 is 2.50 bits per heavy atom. The molecule has 0 heterocycles. The van der Waals surface area contributed by atoms with Crippen LogP contribution in [0.1, 0.15) is 45.1 Å². The van der Waals surface area contributed by atoms with Crippen LogP contribution in [0, 0.1) is 6.92 Å². The smallest absolute Gasteiger partial charge is 0.238 e. The molecule has 1 aromatic carbocycles. The Kier molecular flexibility index (Phi) is 7.97. The molecule has 3 heteroatoms. The molecule has 0 atom stereocenters. The summed E-state index contributed by atoms with van der Waals surface area (Å²) in [5.41, 5.74) is 2.02. The Morgan fingerprint density at radius 2 is 1.85 bits per heavy atom. The Balaban J connectivity index is 2.46. The number of amides is 1. The second kappa shape index (κ2) is 9.54. The van der Waals surface area contributed by atoms with Crippen LogP contribution in [0.5, 0.6) is 0 Å². The fourth-order valence-corrected chi connectivity index (χ4v) is 2.28. The first-order valence-electron chi connectivity index (χ1n) is 7.75. The summed E-state index contributed by atoms with van der Waals surface area (Å²) in [6.07, 6.45) is 4.72. The van der Waals surface area contributed by atoms with E-state index in [1.165, 1.54) is 19.3 Å². The lowest BCUT2D eigenvalue weighted by molar-refractivity contribution is -0.117. The van der Waals surface area contributed by atoms with Crippen LogP contribution in [0.15, 0.2) is 24.3 Å². The van der Waals surface area contributed by atoms with Gasteiger partial charge in [0.15, 0.2) is 0 Å². The Labute approximate surface area is 123 Å². The van der Waals surface area contributed by atoms with Crippen LogP contribution in [-0.2, 0) is 4.79 Å². The van der Waals surface area contributed by atoms with E-state index in [-0.39, 0.29) is 5.91 Å². The van der Waals surface area contributed by atoms with Gasteiger partial charge in [-0.15, -0.1) is 0 Å². The number of rotatable bonds is 9. The average molecular weight is 276 g/mol. The number of nitrogens with one attached hydrogen (secondary N) is 1. The molecule has 0 fully saturated rings. The topological polar surface area (TPSA) is 32.3 Å². The first kappa shape index (κ1) is 16.7. The third-order valence-electron chi connectivity index (χ3n) is 3.40. The molecule has 20 heavy (non-hydrogen) atoms. The van der Waals surface area contributed by atoms with E-state index in [0.717, 1.165) is 30.8 Å². The summed E-state index contributed by atoms with van der Waals surface area (Å²) >= 11 is 0. The van der Waals surface area contributed by atoms with E-state index in [0.29, 0.717) is 6.54 Å². The predicted octanol–water partition coefficient (Wildman–Crippen LogP) is 3.84. The van der Waals surface area contributed by atoms with E-state index >= 15 is 0 Å². The van der Waals surface area contributed by atoms with Gasteiger partial charge in [0, 0.05) is 5.69 Å². The van der Waals surface area contributed by atoms with E-state index in [1.54, 1.807) is 0 Å². The van der Waals surface area contributed by atoms with Crippen molar-refractivity contribution in [2.45, 2.75) is 46.5 Å². The van der Waals surface area contributed by atoms with Crippen LogP contribution >= 0.6 is 0 Å². The standard InChI is InChI=1S/C17H28N2O/c1-4-6-9-13-19(12-5-2)14-17(20)18-16-11-8-7-10-15(16)3/h7-8,10-11H,4-6,9,12-14H2,1-3H3,(H,18,20). The highest BCUT2D eigenvalue weighted by molar-refractivity contribution is 5.92. The number of hydrogen-bond acceptors (Lipinski definition) is 2. The molecule has 0 aromatic heterocycles. The Bertz CT molecular complexity index is 404. The minimum absolute atomic E-state index is 0.0873. The maximum atomic E-state index is 12.1. The second-order valence-electron chi connectivity index (χ2n) is 5.35. The number of hydrogen-bond donors (Lipinski definition) is 1. The van der Waals surface area contributed by atoms with Crippen molar-refractivity contribution in [3.8, 4) is 0 Å². The maximum Gasteiger partial charge on any atom is 0.238 e. The molecule has 1 amide bonds. The summed E-state index contributed by atoms with van der Waals surface area (Å²) in [7, 11) is 0. The molecule has 3 nitrogen and oxygen atoms in total. The Morgan fingerprint density at radius 1 is 1.10 bits per heavy atom. The van der Waals surface area contributed by atoms with Crippen LogP contribution in [0.2, 0.25) is 0 Å². The normalized spacial score (nSPS) is 10.8. The van der Waals surface area contributed by atoms with Crippen molar-refractivity contribution >= 4 is 11.6 Å². The monoisotopic (exact) mass is 276 g/mol. The molecule has 0 aliphatic rings. The summed E-state index contributed by atoms with van der Waals surface area (Å²) in [6.45, 7) is 8.88. The molecular weight excluding hydrogens is 248 g/mol. The third-order valence-corrected chi connectivity index (χ3v) is 3.40. The molecule has 1 N–H and O–H groups in total. The van der Waals surface area contributed by atoms with Crippen LogP contribution in [0.3, 0.4) is 0 Å². The molecule has 0 spiro atoms. The van der Waals surface area contributed by atoms with Crippen molar-refractivity contribution < 1.29 is 4.79 Å². The lowest BCUT2D eigenvalue weighted by Crippen LogP contribution is -2.34. The molecule has 112 valence electrons. The molecule has 0 radical (unpaired) electrons. The highest BCUT2D eigenvalue weighted by atomic mass is 16.2. The molecule has 0 unspecified atom stereocenters. The van der Waals surface area contributed by atoms with E-state index < -0.39 is 0 Å². The average Bonchev–Trinajstić information content (AvgIpc) is 2.42. The number of aryl methyl sites for hydroxylation is 1. The number of nitrogens with zero attached hydrogens (tertiary/aromatic N) is 1. The zero-order valence-corrected chi connectivity index (χ0v) is 13.1. The van der Waals surface area contributed by atoms with Gasteiger partial charge < -0.3 is 5.32 Å². The largest absolute Gasteiger partial charge is 0.325 e. The highest BCUT2D eigenvalue weighted by Crippen LogP contribution is 2.13. The van der Waals surface area contributed by atoms with E-state index in [1.807, 2.05) is 31.2 Å². The van der Waals surface area contributed by atoms with Gasteiger partial charge >= 0.3 is 0 Å². The number of benzene rings is 1. The van der Waals surface area contributed by atoms with Gasteiger partial charge in [0.05, 0.1) is 6.54 Å². The van der Waals surface area contributed by atoms with Crippen molar-refractivity contribution in [3.05, 3.63) is 29.8 Å². The quantitative estimate of drug-likeness (QED) is 0.695. The fraction of sp³-hybridized carbons (Fsp3) is 0.588. The molecule has 0 aliphatic heterocycles. The minimum atomic E-state index is 0.0873. The van der Waals surface area contributed by atoms with Crippen molar-refractivity contribution in [1.29, 1.82) is 0 Å². The highest BCUT2D eigenvalue weighted by Gasteiger charge is 2.10. The number of para-hydroxylation sites is 1. The maximum absolute atomic E-state index is 12.1. The third kappa shape index (κ3) is 6.20. The second-order valence-corrected chi connectivity index (χ2v) is 5.35. The minimum Gasteiger partial charge on any atom is -0.325 e. The van der Waals surface area contributed by atoms with Crippen LogP contribution in [-0.4, -0.2) is 30.4 Å². The lowest BCUT2D eigenvalue weighted by atomic mass is 10.2. The van der Waals surface area contributed by atoms with Crippen LogP contribution in [0.4, 0.5) is 5.69 Å². The van der Waals surface area contributed by atoms with Crippen LogP contribution < -0.4 is 5.32 Å². The summed E-state index contributed by atoms with van der Waals surface area (Å²) in [5.74, 6) is 0.0873. The van der Waals surface area contributed by atoms with E-state index in [2.05, 4.69) is 24.1 Å². The van der Waals surface area contributed by atoms with Gasteiger partial charge in [-0.05, 0) is 44.5 Å². The van der Waals surface area contributed by atoms with Gasteiger partial charge in [-0.1, -0.05) is 44.9 Å². The number of carbonyl (C=O) groups is 1. The summed E-state index contributed by atoms with van der Waals surface area (Å²) < 4.78 is 0. The molecular formula is C17H28N2O. The van der Waals surface area contributed by atoms with Gasteiger partial charge in [0.1, 0.15) is 0 Å². The fourth-order valence-electron chi connectivity index (χ4n) is 2.28. The molecule has 1 rings (SSSR count). The number of carbonyl (C=O) groups excluding carboxylic acids is 1. The van der Waals surface area contributed by atoms with Gasteiger partial charge in [-0.25, -0.2) is 0 Å². The van der Waals surface area contributed by atoms with E-state index in [9.17, 15) is 4.79 Å². The van der Waals surface area contributed by atoms with Crippen LogP contribution in [0.25, 0.3) is 0 Å². The number of anilines is 1. The van der Waals surface area contributed by atoms with E-state index in [4.69, 9.17) is 0 Å². The summed E-state index contributed by atoms with van der Waals surface area (Å²) in [4.78, 5) is 14.4. The predicted molar refractivity (Wildman–Crippen MR) is 86.1 cm³/mol. The molecule has 1 aromatic rings. The van der Waals surface area contributed by atoms with Gasteiger partial charge in [-0.3, -0.25) is 9.69 Å². The zero-order valence-electron chi connectivity index (χ0n) is 13.1. The lowest BCUT2D eigenvalue weighted by Gasteiger charge is -2.21. The van der Waals surface area contributed by atoms with Gasteiger partial charge in [0.25, 0.3) is 0 Å². The summed E-state index contributed by atoms with van der Waals surface area (Å²) in [6, 6.07) is 7.90. The van der Waals surface area contributed by atoms with Gasteiger partial charge in [-0.2, -0.15) is 0 Å². The number of unbranched alkanes of at least 4 members (excludes halogenated alkanes) is 2. The molecule has 0 bridgehead atoms. The van der Waals surface area contributed by atoms with Crippen molar-refractivity contribution in [2.24, 2.45) is 0 Å². The van der Waals surface area contributed by atoms with Crippen molar-refractivity contribution in [1.82, 2.24) is 4.90 Å². The van der Waals surface area contributed by atoms with Crippen molar-refractivity contribution in [2.75, 3.05) is 25.0 Å². The van der Waals surface area contributed by atoms with Gasteiger partial charge in [0.2, 0.25) is 5.91 Å². The SMILES string of the molecule is CCCCCN(CCC)CC(=O)Nc1ccccc1C. The first-order chi connectivity index (χ1) is 9.67. The molecule has 0 saturated carbocycles.